The molecular formula is C14H20BrClN2OS2. The molecule has 1 saturated heterocycles. The summed E-state index contributed by atoms with van der Waals surface area (Å²) in [4.78, 5) is 12.3. The van der Waals surface area contributed by atoms with E-state index in [9.17, 15) is 4.79 Å². The molecule has 1 amide bonds. The molecule has 1 aromatic rings. The van der Waals surface area contributed by atoms with Crippen LogP contribution in [0.15, 0.2) is 28.7 Å². The summed E-state index contributed by atoms with van der Waals surface area (Å²) in [5.41, 5.74) is 6.04. The van der Waals surface area contributed by atoms with Gasteiger partial charge in [0.05, 0.1) is 0 Å². The number of nitrogens with two attached hydrogens (primary N) is 1. The van der Waals surface area contributed by atoms with Crippen molar-refractivity contribution in [2.45, 2.75) is 17.7 Å². The smallest absolute Gasteiger partial charge is 0.244 e. The molecule has 2 atom stereocenters. The Labute approximate surface area is 149 Å². The predicted octanol–water partition coefficient (Wildman–Crippen LogP) is 3.01. The molecule has 7 heteroatoms. The topological polar surface area (TPSA) is 55.1 Å². The third-order valence-corrected chi connectivity index (χ3v) is 6.66. The van der Waals surface area contributed by atoms with Gasteiger partial charge in [-0.15, -0.1) is 12.4 Å². The van der Waals surface area contributed by atoms with Crippen molar-refractivity contribution in [2.24, 2.45) is 5.73 Å². The van der Waals surface area contributed by atoms with E-state index >= 15 is 0 Å². The minimum absolute atomic E-state index is 0. The fourth-order valence-corrected chi connectivity index (χ4v) is 4.85. The molecule has 3 nitrogen and oxygen atoms in total. The summed E-state index contributed by atoms with van der Waals surface area (Å²) in [5, 5.41) is 3.49. The van der Waals surface area contributed by atoms with Crippen LogP contribution in [0.5, 0.6) is 0 Å². The van der Waals surface area contributed by atoms with Crippen LogP contribution in [0.2, 0.25) is 0 Å². The Morgan fingerprint density at radius 2 is 2.10 bits per heavy atom. The van der Waals surface area contributed by atoms with Crippen LogP contribution in [0.3, 0.4) is 0 Å². The molecule has 0 spiro atoms. The van der Waals surface area contributed by atoms with Gasteiger partial charge in [0.1, 0.15) is 5.54 Å². The second kappa shape index (κ2) is 8.67. The molecule has 1 aromatic carbocycles. The Hall–Kier alpha value is 0.120. The summed E-state index contributed by atoms with van der Waals surface area (Å²) < 4.78 is 0.980. The number of benzene rings is 1. The number of thioether (sulfide) groups is 2. The number of carbonyl (C=O) groups excluding carboxylic acids is 1. The Morgan fingerprint density at radius 1 is 1.43 bits per heavy atom. The Morgan fingerprint density at radius 3 is 2.67 bits per heavy atom. The molecule has 1 aliphatic rings. The molecule has 2 unspecified atom stereocenters. The average Bonchev–Trinajstić information content (AvgIpc) is 2.46. The summed E-state index contributed by atoms with van der Waals surface area (Å²) in [7, 11) is 0. The Balaban J connectivity index is 0.00000220. The quantitative estimate of drug-likeness (QED) is 0.799. The van der Waals surface area contributed by atoms with Crippen LogP contribution in [-0.4, -0.2) is 35.0 Å². The summed E-state index contributed by atoms with van der Waals surface area (Å²) >= 11 is 7.27. The molecule has 1 fully saturated rings. The maximum absolute atomic E-state index is 12.3. The van der Waals surface area contributed by atoms with Gasteiger partial charge in [-0.1, -0.05) is 28.1 Å². The molecule has 21 heavy (non-hydrogen) atoms. The van der Waals surface area contributed by atoms with Crippen molar-refractivity contribution in [1.82, 2.24) is 5.32 Å². The number of hydrogen-bond acceptors (Lipinski definition) is 4. The number of hydrogen-bond donors (Lipinski definition) is 2. The van der Waals surface area contributed by atoms with Crippen molar-refractivity contribution in [3.05, 3.63) is 34.3 Å². The summed E-state index contributed by atoms with van der Waals surface area (Å²) in [6.45, 7) is 2.45. The fraction of sp³-hybridized carbons (Fsp3) is 0.500. The predicted molar refractivity (Wildman–Crippen MR) is 99.5 cm³/mol. The second-order valence-corrected chi connectivity index (χ2v) is 8.46. The highest BCUT2D eigenvalue weighted by atomic mass is 79.9. The maximum atomic E-state index is 12.3. The summed E-state index contributed by atoms with van der Waals surface area (Å²) in [6, 6.07) is 7.58. The fourth-order valence-electron chi connectivity index (χ4n) is 1.97. The van der Waals surface area contributed by atoms with E-state index in [0.717, 1.165) is 21.5 Å². The van der Waals surface area contributed by atoms with E-state index in [2.05, 4.69) is 21.2 Å². The number of nitrogens with one attached hydrogen (secondary N) is 1. The third kappa shape index (κ3) is 5.36. The molecule has 0 aliphatic carbocycles. The lowest BCUT2D eigenvalue weighted by atomic mass is 9.92. The van der Waals surface area contributed by atoms with Crippen LogP contribution in [0.25, 0.3) is 0 Å². The van der Waals surface area contributed by atoms with Gasteiger partial charge in [-0.3, -0.25) is 4.79 Å². The van der Waals surface area contributed by atoms with Gasteiger partial charge in [0, 0.05) is 33.5 Å². The van der Waals surface area contributed by atoms with Gasteiger partial charge in [0.25, 0.3) is 0 Å². The van der Waals surface area contributed by atoms with Crippen molar-refractivity contribution >= 4 is 57.8 Å². The van der Waals surface area contributed by atoms with E-state index in [0.29, 0.717) is 11.8 Å². The van der Waals surface area contributed by atoms with E-state index in [1.54, 1.807) is 6.92 Å². The first-order chi connectivity index (χ1) is 9.50. The van der Waals surface area contributed by atoms with E-state index in [-0.39, 0.29) is 18.3 Å². The highest BCUT2D eigenvalue weighted by molar-refractivity contribution is 9.10. The maximum Gasteiger partial charge on any atom is 0.244 e. The molecule has 0 bridgehead atoms. The summed E-state index contributed by atoms with van der Waals surface area (Å²) in [6.07, 6.45) is 0. The lowest BCUT2D eigenvalue weighted by molar-refractivity contribution is -0.126. The number of carbonyl (C=O) groups is 1. The van der Waals surface area contributed by atoms with Gasteiger partial charge in [-0.05, 0) is 24.6 Å². The largest absolute Gasteiger partial charge is 0.353 e. The Bertz CT molecular complexity index is 465. The van der Waals surface area contributed by atoms with E-state index in [1.807, 2.05) is 47.8 Å². The van der Waals surface area contributed by atoms with E-state index in [4.69, 9.17) is 5.73 Å². The van der Waals surface area contributed by atoms with Crippen LogP contribution in [-0.2, 0) is 10.3 Å². The van der Waals surface area contributed by atoms with Crippen LogP contribution >= 0.6 is 51.9 Å². The first kappa shape index (κ1) is 19.2. The van der Waals surface area contributed by atoms with Gasteiger partial charge in [0.2, 0.25) is 5.91 Å². The molecule has 1 aliphatic heterocycles. The lowest BCUT2D eigenvalue weighted by Crippen LogP contribution is -2.50. The minimum atomic E-state index is -0.993. The highest BCUT2D eigenvalue weighted by Crippen LogP contribution is 2.24. The molecule has 1 heterocycles. The monoisotopic (exact) mass is 410 g/mol. The van der Waals surface area contributed by atoms with Gasteiger partial charge < -0.3 is 11.1 Å². The molecular weight excluding hydrogens is 392 g/mol. The van der Waals surface area contributed by atoms with Crippen molar-refractivity contribution in [3.63, 3.8) is 0 Å². The van der Waals surface area contributed by atoms with Gasteiger partial charge in [-0.25, -0.2) is 0 Å². The Kier molecular flexibility index (Phi) is 7.92. The van der Waals surface area contributed by atoms with Gasteiger partial charge >= 0.3 is 0 Å². The first-order valence-electron chi connectivity index (χ1n) is 6.52. The lowest BCUT2D eigenvalue weighted by Gasteiger charge is -2.27. The third-order valence-electron chi connectivity index (χ3n) is 3.29. The standard InChI is InChI=1S/C14H19BrN2OS2.ClH/c1-14(16,10-2-4-11(15)5-3-10)13(18)17-8-12-9-19-6-7-20-12;/h2-5,12H,6-9,16H2,1H3,(H,17,18);1H. The minimum Gasteiger partial charge on any atom is -0.353 e. The van der Waals surface area contributed by atoms with Crippen molar-refractivity contribution in [1.29, 1.82) is 0 Å². The van der Waals surface area contributed by atoms with Gasteiger partial charge in [-0.2, -0.15) is 23.5 Å². The van der Waals surface area contributed by atoms with Gasteiger partial charge in [0.15, 0.2) is 0 Å². The van der Waals surface area contributed by atoms with E-state index in [1.165, 1.54) is 5.75 Å². The average molecular weight is 412 g/mol. The molecule has 0 aromatic heterocycles. The normalized spacial score (nSPS) is 21.0. The number of halogens is 2. The zero-order chi connectivity index (χ0) is 14.6. The zero-order valence-corrected chi connectivity index (χ0v) is 15.8. The molecule has 0 saturated carbocycles. The van der Waals surface area contributed by atoms with Crippen LogP contribution < -0.4 is 11.1 Å². The first-order valence-corrected chi connectivity index (χ1v) is 9.52. The zero-order valence-electron chi connectivity index (χ0n) is 11.8. The molecule has 118 valence electrons. The summed E-state index contributed by atoms with van der Waals surface area (Å²) in [5.74, 6) is 3.36. The van der Waals surface area contributed by atoms with Crippen molar-refractivity contribution in [3.8, 4) is 0 Å². The molecule has 0 radical (unpaired) electrons. The number of rotatable bonds is 4. The van der Waals surface area contributed by atoms with Crippen LogP contribution in [0.4, 0.5) is 0 Å². The highest BCUT2D eigenvalue weighted by Gasteiger charge is 2.30. The molecule has 2 rings (SSSR count). The van der Waals surface area contributed by atoms with Crippen LogP contribution in [0, 0.1) is 0 Å². The SMILES string of the molecule is CC(N)(C(=O)NCC1CSCCS1)c1ccc(Br)cc1.Cl. The molecule has 3 N–H and O–H groups in total. The van der Waals surface area contributed by atoms with Crippen molar-refractivity contribution in [2.75, 3.05) is 23.8 Å². The van der Waals surface area contributed by atoms with Crippen molar-refractivity contribution < 1.29 is 4.79 Å². The van der Waals surface area contributed by atoms with Crippen LogP contribution in [0.1, 0.15) is 12.5 Å². The second-order valence-electron chi connectivity index (χ2n) is 4.99. The van der Waals surface area contributed by atoms with E-state index < -0.39 is 5.54 Å². The number of amides is 1.